The maximum absolute atomic E-state index is 14.2. The molecule has 1 N–H and O–H groups in total. The zero-order chi connectivity index (χ0) is 31.7. The minimum absolute atomic E-state index is 0.0249. The average molecular weight is 628 g/mol. The van der Waals surface area contributed by atoms with Crippen LogP contribution in [0.2, 0.25) is 0 Å². The van der Waals surface area contributed by atoms with Crippen LogP contribution in [0.5, 0.6) is 17.2 Å². The highest BCUT2D eigenvalue weighted by atomic mass is 32.2. The van der Waals surface area contributed by atoms with Gasteiger partial charge in [0.05, 0.1) is 17.7 Å². The number of methoxy groups -OCH3 is 1. The minimum Gasteiger partial charge on any atom is -0.497 e. The first-order chi connectivity index (χ1) is 21.2. The van der Waals surface area contributed by atoms with Gasteiger partial charge >= 0.3 is 0 Å². The summed E-state index contributed by atoms with van der Waals surface area (Å²) in [7, 11) is -2.85. The minimum atomic E-state index is -4.38. The number of rotatable bonds is 14. The molecule has 1 atom stereocenters. The quantitative estimate of drug-likeness (QED) is 0.262. The number of amides is 2. The van der Waals surface area contributed by atoms with Crippen molar-refractivity contribution in [3.05, 3.63) is 78.1 Å². The summed E-state index contributed by atoms with van der Waals surface area (Å²) >= 11 is 0. The van der Waals surface area contributed by atoms with Gasteiger partial charge in [-0.3, -0.25) is 13.9 Å². The van der Waals surface area contributed by atoms with Crippen molar-refractivity contribution in [2.24, 2.45) is 0 Å². The van der Waals surface area contributed by atoms with E-state index in [0.717, 1.165) is 29.3 Å². The fourth-order valence-corrected chi connectivity index (χ4v) is 6.27. The van der Waals surface area contributed by atoms with Gasteiger partial charge in [-0.1, -0.05) is 32.4 Å². The molecule has 0 saturated heterocycles. The van der Waals surface area contributed by atoms with Crippen LogP contribution in [0.1, 0.15) is 38.7 Å². The molecule has 12 heteroatoms. The Bertz CT molecular complexity index is 1550. The van der Waals surface area contributed by atoms with Crippen LogP contribution in [0, 0.1) is 5.82 Å². The number of fused-ring (bicyclic) bond motifs is 1. The lowest BCUT2D eigenvalue weighted by Gasteiger charge is -2.33. The first kappa shape index (κ1) is 32.6. The molecule has 4 rings (SSSR count). The fraction of sp³-hybridized carbons (Fsp3) is 0.375. The third kappa shape index (κ3) is 7.79. The van der Waals surface area contributed by atoms with Crippen LogP contribution in [0.4, 0.5) is 10.1 Å². The molecule has 1 heterocycles. The van der Waals surface area contributed by atoms with Crippen molar-refractivity contribution in [1.82, 2.24) is 10.2 Å². The summed E-state index contributed by atoms with van der Waals surface area (Å²) in [6.45, 7) is 4.22. The molecule has 0 bridgehead atoms. The molecule has 0 radical (unpaired) electrons. The van der Waals surface area contributed by atoms with Crippen LogP contribution in [0.15, 0.2) is 71.6 Å². The molecule has 1 aliphatic heterocycles. The summed E-state index contributed by atoms with van der Waals surface area (Å²) in [6, 6.07) is 15.2. The van der Waals surface area contributed by atoms with E-state index in [1.807, 2.05) is 6.92 Å². The van der Waals surface area contributed by atoms with E-state index in [1.165, 1.54) is 42.3 Å². The predicted molar refractivity (Wildman–Crippen MR) is 164 cm³/mol. The normalized spacial score (nSPS) is 13.1. The molecule has 3 aromatic carbocycles. The van der Waals surface area contributed by atoms with E-state index in [0.29, 0.717) is 36.6 Å². The number of benzene rings is 3. The van der Waals surface area contributed by atoms with Crippen LogP contribution in [0.3, 0.4) is 0 Å². The van der Waals surface area contributed by atoms with Crippen LogP contribution in [0.25, 0.3) is 0 Å². The number of sulfonamides is 1. The van der Waals surface area contributed by atoms with E-state index in [4.69, 9.17) is 14.2 Å². The summed E-state index contributed by atoms with van der Waals surface area (Å²) in [4.78, 5) is 28.8. The van der Waals surface area contributed by atoms with Gasteiger partial charge in [-0.15, -0.1) is 0 Å². The van der Waals surface area contributed by atoms with E-state index in [1.54, 1.807) is 31.2 Å². The molecule has 0 aliphatic carbocycles. The molecule has 44 heavy (non-hydrogen) atoms. The largest absolute Gasteiger partial charge is 0.497 e. The van der Waals surface area contributed by atoms with Crippen molar-refractivity contribution < 1.29 is 36.6 Å². The summed E-state index contributed by atoms with van der Waals surface area (Å²) < 4.78 is 59.5. The highest BCUT2D eigenvalue weighted by Gasteiger charge is 2.34. The van der Waals surface area contributed by atoms with E-state index < -0.39 is 34.3 Å². The van der Waals surface area contributed by atoms with Crippen LogP contribution in [-0.2, 0) is 26.2 Å². The molecule has 2 amide bonds. The third-order valence-electron chi connectivity index (χ3n) is 7.20. The number of hydrogen-bond acceptors (Lipinski definition) is 7. The van der Waals surface area contributed by atoms with E-state index >= 15 is 0 Å². The standard InChI is InChI=1S/C32H38FN3O7S/c1-4-6-16-34-32(38)28(5-2)35(21-23-8-7-9-26(19-23)41-3)31(37)22-36(25-12-10-24(33)11-13-25)44(39,40)27-14-15-29-30(20-27)43-18-17-42-29/h7-15,19-20,28H,4-6,16-18,21-22H2,1-3H3,(H,34,38). The molecule has 3 aromatic rings. The number of carbonyl (C=O) groups is 2. The molecular formula is C32H38FN3O7S. The zero-order valence-corrected chi connectivity index (χ0v) is 25.9. The Kier molecular flexibility index (Phi) is 11.0. The molecule has 10 nitrogen and oxygen atoms in total. The summed E-state index contributed by atoms with van der Waals surface area (Å²) in [6.07, 6.45) is 1.95. The van der Waals surface area contributed by atoms with Gasteiger partial charge in [-0.2, -0.15) is 0 Å². The van der Waals surface area contributed by atoms with Crippen molar-refractivity contribution in [3.8, 4) is 17.2 Å². The Morgan fingerprint density at radius 1 is 1.00 bits per heavy atom. The van der Waals surface area contributed by atoms with E-state index in [-0.39, 0.29) is 35.4 Å². The number of nitrogens with zero attached hydrogens (tertiary/aromatic N) is 2. The molecule has 0 spiro atoms. The Labute approximate surface area is 257 Å². The summed E-state index contributed by atoms with van der Waals surface area (Å²) in [5.41, 5.74) is 0.775. The number of hydrogen-bond donors (Lipinski definition) is 1. The van der Waals surface area contributed by atoms with Crippen molar-refractivity contribution in [3.63, 3.8) is 0 Å². The second-order valence-corrected chi connectivity index (χ2v) is 12.1. The molecule has 0 aromatic heterocycles. The number of ether oxygens (including phenoxy) is 3. The monoisotopic (exact) mass is 627 g/mol. The zero-order valence-electron chi connectivity index (χ0n) is 25.1. The van der Waals surface area contributed by atoms with Gasteiger partial charge in [0.15, 0.2) is 11.5 Å². The number of nitrogens with one attached hydrogen (secondary N) is 1. The van der Waals surface area contributed by atoms with Gasteiger partial charge in [-0.25, -0.2) is 12.8 Å². The smallest absolute Gasteiger partial charge is 0.264 e. The Hall–Kier alpha value is -4.32. The Morgan fingerprint density at radius 3 is 2.41 bits per heavy atom. The van der Waals surface area contributed by atoms with Gasteiger partial charge in [0.25, 0.3) is 10.0 Å². The SMILES string of the molecule is CCCCNC(=O)C(CC)N(Cc1cccc(OC)c1)C(=O)CN(c1ccc(F)cc1)S(=O)(=O)c1ccc2c(c1)OCCO2. The maximum atomic E-state index is 14.2. The number of carbonyl (C=O) groups excluding carboxylic acids is 2. The van der Waals surface area contributed by atoms with Gasteiger partial charge < -0.3 is 24.4 Å². The average Bonchev–Trinajstić information content (AvgIpc) is 3.03. The predicted octanol–water partition coefficient (Wildman–Crippen LogP) is 4.52. The topological polar surface area (TPSA) is 114 Å². The first-order valence-electron chi connectivity index (χ1n) is 14.6. The lowest BCUT2D eigenvalue weighted by molar-refractivity contribution is -0.140. The van der Waals surface area contributed by atoms with Crippen LogP contribution >= 0.6 is 0 Å². The van der Waals surface area contributed by atoms with Crippen molar-refractivity contribution in [1.29, 1.82) is 0 Å². The molecule has 1 unspecified atom stereocenters. The van der Waals surface area contributed by atoms with Gasteiger partial charge in [0.1, 0.15) is 37.4 Å². The number of anilines is 1. The van der Waals surface area contributed by atoms with Crippen LogP contribution < -0.4 is 23.8 Å². The molecule has 236 valence electrons. The maximum Gasteiger partial charge on any atom is 0.264 e. The van der Waals surface area contributed by atoms with Crippen molar-refractivity contribution >= 4 is 27.5 Å². The molecular weight excluding hydrogens is 589 g/mol. The molecule has 0 fully saturated rings. The van der Waals surface area contributed by atoms with Gasteiger partial charge in [0.2, 0.25) is 11.8 Å². The van der Waals surface area contributed by atoms with Crippen molar-refractivity contribution in [2.45, 2.75) is 50.6 Å². The van der Waals surface area contributed by atoms with E-state index in [2.05, 4.69) is 5.32 Å². The lowest BCUT2D eigenvalue weighted by atomic mass is 10.1. The first-order valence-corrected chi connectivity index (χ1v) is 16.0. The number of unbranched alkanes of at least 4 members (excludes halogenated alkanes) is 1. The lowest BCUT2D eigenvalue weighted by Crippen LogP contribution is -2.52. The number of halogens is 1. The molecule has 1 aliphatic rings. The second kappa shape index (κ2) is 14.9. The highest BCUT2D eigenvalue weighted by Crippen LogP contribution is 2.34. The fourth-order valence-electron chi connectivity index (χ4n) is 4.84. The summed E-state index contributed by atoms with van der Waals surface area (Å²) in [5, 5.41) is 2.90. The van der Waals surface area contributed by atoms with Gasteiger partial charge in [0, 0.05) is 19.2 Å². The Morgan fingerprint density at radius 2 is 1.73 bits per heavy atom. The highest BCUT2D eigenvalue weighted by molar-refractivity contribution is 7.92. The van der Waals surface area contributed by atoms with Crippen molar-refractivity contribution in [2.75, 3.05) is 37.7 Å². The third-order valence-corrected chi connectivity index (χ3v) is 8.97. The van der Waals surface area contributed by atoms with E-state index in [9.17, 15) is 22.4 Å². The molecule has 0 saturated carbocycles. The summed E-state index contributed by atoms with van der Waals surface area (Å²) in [5.74, 6) is -0.271. The second-order valence-electron chi connectivity index (χ2n) is 10.2. The Balaban J connectivity index is 1.73. The van der Waals surface area contributed by atoms with Crippen LogP contribution in [-0.4, -0.2) is 64.6 Å². The van der Waals surface area contributed by atoms with Gasteiger partial charge in [-0.05, 0) is 66.9 Å².